The third-order valence-corrected chi connectivity index (χ3v) is 2.22. The van der Waals surface area contributed by atoms with Crippen LogP contribution in [0.3, 0.4) is 0 Å². The molecule has 0 aliphatic heterocycles. The number of carbonyl (C=O) groups excluding carboxylic acids is 1. The Morgan fingerprint density at radius 1 is 1.25 bits per heavy atom. The summed E-state index contributed by atoms with van der Waals surface area (Å²) < 4.78 is 6.16. The van der Waals surface area contributed by atoms with Crippen LogP contribution in [0.15, 0.2) is 34.8 Å². The first-order valence-corrected chi connectivity index (χ1v) is 5.83. The van der Waals surface area contributed by atoms with Gasteiger partial charge in [-0.3, -0.25) is 0 Å². The molecule has 0 saturated heterocycles. The van der Waals surface area contributed by atoms with Crippen molar-refractivity contribution < 1.29 is 9.53 Å². The van der Waals surface area contributed by atoms with Crippen LogP contribution < -0.4 is 0 Å². The first-order valence-electron chi connectivity index (χ1n) is 5.03. The molecule has 0 aromatic heterocycles. The lowest BCUT2D eigenvalue weighted by atomic mass is 10.2. The predicted octanol–water partition coefficient (Wildman–Crippen LogP) is 3.80. The van der Waals surface area contributed by atoms with E-state index in [9.17, 15) is 4.79 Å². The van der Waals surface area contributed by atoms with E-state index < -0.39 is 5.60 Å². The first-order chi connectivity index (χ1) is 7.37. The molecule has 3 heteroatoms. The molecule has 1 aromatic rings. The first kappa shape index (κ1) is 13.0. The number of hydrogen-bond donors (Lipinski definition) is 0. The van der Waals surface area contributed by atoms with Gasteiger partial charge in [0.05, 0.1) is 0 Å². The van der Waals surface area contributed by atoms with Crippen molar-refractivity contribution >= 4 is 28.0 Å². The average molecular weight is 283 g/mol. The molecule has 0 aliphatic carbocycles. The van der Waals surface area contributed by atoms with Crippen molar-refractivity contribution in [1.29, 1.82) is 0 Å². The predicted molar refractivity (Wildman–Crippen MR) is 69.0 cm³/mol. The molecule has 0 spiro atoms. The molecule has 0 N–H and O–H groups in total. The van der Waals surface area contributed by atoms with Crippen molar-refractivity contribution in [1.82, 2.24) is 0 Å². The molecule has 0 unspecified atom stereocenters. The van der Waals surface area contributed by atoms with Crippen LogP contribution in [0.2, 0.25) is 0 Å². The lowest BCUT2D eigenvalue weighted by Gasteiger charge is -2.17. The number of hydrogen-bond acceptors (Lipinski definition) is 2. The van der Waals surface area contributed by atoms with Crippen molar-refractivity contribution in [3.8, 4) is 0 Å². The summed E-state index contributed by atoms with van der Waals surface area (Å²) in [4.78, 5) is 11.4. The van der Waals surface area contributed by atoms with Gasteiger partial charge >= 0.3 is 5.97 Å². The topological polar surface area (TPSA) is 26.3 Å². The van der Waals surface area contributed by atoms with Crippen LogP contribution in [-0.4, -0.2) is 11.6 Å². The van der Waals surface area contributed by atoms with Crippen LogP contribution >= 0.6 is 15.9 Å². The molecular formula is C13H15BrO2. The molecule has 0 saturated carbocycles. The van der Waals surface area contributed by atoms with Crippen LogP contribution in [0.4, 0.5) is 0 Å². The van der Waals surface area contributed by atoms with E-state index in [0.717, 1.165) is 10.0 Å². The van der Waals surface area contributed by atoms with Crippen LogP contribution in [0.5, 0.6) is 0 Å². The highest BCUT2D eigenvalue weighted by molar-refractivity contribution is 9.10. The highest BCUT2D eigenvalue weighted by Crippen LogP contribution is 2.12. The SMILES string of the molecule is CC(C)(C)OC(=O)C=Cc1ccc(Br)cc1. The second-order valence-corrected chi connectivity index (χ2v) is 5.33. The lowest BCUT2D eigenvalue weighted by Crippen LogP contribution is -2.22. The highest BCUT2D eigenvalue weighted by Gasteiger charge is 2.13. The molecule has 16 heavy (non-hydrogen) atoms. The normalized spacial score (nSPS) is 11.8. The van der Waals surface area contributed by atoms with Gasteiger partial charge in [0.1, 0.15) is 5.60 Å². The van der Waals surface area contributed by atoms with Gasteiger partial charge in [-0.2, -0.15) is 0 Å². The summed E-state index contributed by atoms with van der Waals surface area (Å²) in [5.41, 5.74) is 0.523. The Morgan fingerprint density at radius 3 is 2.31 bits per heavy atom. The second kappa shape index (κ2) is 5.30. The number of esters is 1. The summed E-state index contributed by atoms with van der Waals surface area (Å²) in [7, 11) is 0. The zero-order valence-corrected chi connectivity index (χ0v) is 11.2. The molecule has 1 rings (SSSR count). The Kier molecular flexibility index (Phi) is 4.30. The maximum atomic E-state index is 11.4. The smallest absolute Gasteiger partial charge is 0.331 e. The minimum Gasteiger partial charge on any atom is -0.457 e. The van der Waals surface area contributed by atoms with E-state index in [-0.39, 0.29) is 5.97 Å². The van der Waals surface area contributed by atoms with E-state index in [2.05, 4.69) is 15.9 Å². The summed E-state index contributed by atoms with van der Waals surface area (Å²) in [5.74, 6) is -0.324. The van der Waals surface area contributed by atoms with Gasteiger partial charge < -0.3 is 4.74 Å². The minimum absolute atomic E-state index is 0.324. The van der Waals surface area contributed by atoms with E-state index in [4.69, 9.17) is 4.74 Å². The van der Waals surface area contributed by atoms with E-state index >= 15 is 0 Å². The molecule has 0 fully saturated rings. The molecule has 0 heterocycles. The number of ether oxygens (including phenoxy) is 1. The van der Waals surface area contributed by atoms with Gasteiger partial charge in [-0.25, -0.2) is 4.79 Å². The van der Waals surface area contributed by atoms with Gasteiger partial charge in [0.15, 0.2) is 0 Å². The molecule has 0 bridgehead atoms. The minimum atomic E-state index is -0.443. The fraction of sp³-hybridized carbons (Fsp3) is 0.308. The Hall–Kier alpha value is -1.09. The number of halogens is 1. The molecule has 2 nitrogen and oxygen atoms in total. The lowest BCUT2D eigenvalue weighted by molar-refractivity contribution is -0.148. The average Bonchev–Trinajstić information content (AvgIpc) is 2.14. The Morgan fingerprint density at radius 2 is 1.81 bits per heavy atom. The summed E-state index contributed by atoms with van der Waals surface area (Å²) >= 11 is 3.35. The number of carbonyl (C=O) groups is 1. The van der Waals surface area contributed by atoms with Gasteiger partial charge in [-0.15, -0.1) is 0 Å². The van der Waals surface area contributed by atoms with Gasteiger partial charge in [0, 0.05) is 10.5 Å². The molecule has 86 valence electrons. The number of rotatable bonds is 2. The van der Waals surface area contributed by atoms with Gasteiger partial charge in [-0.1, -0.05) is 28.1 Å². The zero-order chi connectivity index (χ0) is 12.2. The maximum absolute atomic E-state index is 11.4. The maximum Gasteiger partial charge on any atom is 0.331 e. The molecule has 0 aliphatic rings. The second-order valence-electron chi connectivity index (χ2n) is 4.42. The third kappa shape index (κ3) is 5.12. The van der Waals surface area contributed by atoms with Crippen LogP contribution in [0, 0.1) is 0 Å². The van der Waals surface area contributed by atoms with Gasteiger partial charge in [-0.05, 0) is 44.5 Å². The van der Waals surface area contributed by atoms with E-state index in [1.54, 1.807) is 6.08 Å². The van der Waals surface area contributed by atoms with Crippen LogP contribution in [-0.2, 0) is 9.53 Å². The largest absolute Gasteiger partial charge is 0.457 e. The number of benzene rings is 1. The fourth-order valence-electron chi connectivity index (χ4n) is 1.07. The zero-order valence-electron chi connectivity index (χ0n) is 9.66. The van der Waals surface area contributed by atoms with Crippen molar-refractivity contribution in [2.45, 2.75) is 26.4 Å². The molecule has 0 radical (unpaired) electrons. The highest BCUT2D eigenvalue weighted by atomic mass is 79.9. The molecule has 0 amide bonds. The summed E-state index contributed by atoms with van der Waals surface area (Å²) in [6.45, 7) is 5.54. The summed E-state index contributed by atoms with van der Waals surface area (Å²) in [6.07, 6.45) is 3.18. The Labute approximate surface area is 104 Å². The van der Waals surface area contributed by atoms with E-state index in [0.29, 0.717) is 0 Å². The Balaban J connectivity index is 2.60. The van der Waals surface area contributed by atoms with Gasteiger partial charge in [0.2, 0.25) is 0 Å². The van der Waals surface area contributed by atoms with Crippen molar-refractivity contribution in [3.63, 3.8) is 0 Å². The third-order valence-electron chi connectivity index (χ3n) is 1.69. The van der Waals surface area contributed by atoms with Crippen molar-refractivity contribution in [2.24, 2.45) is 0 Å². The molecule has 0 atom stereocenters. The van der Waals surface area contributed by atoms with E-state index in [1.807, 2.05) is 45.0 Å². The molecular weight excluding hydrogens is 268 g/mol. The standard InChI is InChI=1S/C13H15BrO2/c1-13(2,3)16-12(15)9-6-10-4-7-11(14)8-5-10/h4-9H,1-3H3. The van der Waals surface area contributed by atoms with Crippen LogP contribution in [0.1, 0.15) is 26.3 Å². The quantitative estimate of drug-likeness (QED) is 0.609. The monoisotopic (exact) mass is 282 g/mol. The molecule has 1 aromatic carbocycles. The van der Waals surface area contributed by atoms with Crippen LogP contribution in [0.25, 0.3) is 6.08 Å². The van der Waals surface area contributed by atoms with Crippen molar-refractivity contribution in [2.75, 3.05) is 0 Å². The fourth-order valence-corrected chi connectivity index (χ4v) is 1.34. The summed E-state index contributed by atoms with van der Waals surface area (Å²) in [6, 6.07) is 7.69. The van der Waals surface area contributed by atoms with Gasteiger partial charge in [0.25, 0.3) is 0 Å². The Bertz CT molecular complexity index is 385. The summed E-state index contributed by atoms with van der Waals surface area (Å²) in [5, 5.41) is 0. The van der Waals surface area contributed by atoms with E-state index in [1.165, 1.54) is 6.08 Å². The van der Waals surface area contributed by atoms with Crippen molar-refractivity contribution in [3.05, 3.63) is 40.4 Å².